The summed E-state index contributed by atoms with van der Waals surface area (Å²) < 4.78 is 21.7. The average Bonchev–Trinajstić information content (AvgIpc) is 3.78. The lowest BCUT2D eigenvalue weighted by Crippen LogP contribution is -2.52. The quantitative estimate of drug-likeness (QED) is 0.0854. The lowest BCUT2D eigenvalue weighted by Gasteiger charge is -2.31. The Morgan fingerprint density at radius 2 is 1.73 bits per heavy atom. The van der Waals surface area contributed by atoms with Gasteiger partial charge < -0.3 is 49.3 Å². The Kier molecular flexibility index (Phi) is 12.2. The second-order valence-corrected chi connectivity index (χ2v) is 18.0. The van der Waals surface area contributed by atoms with Crippen molar-refractivity contribution < 1.29 is 38.1 Å². The van der Waals surface area contributed by atoms with E-state index in [1.807, 2.05) is 43.9 Å². The average molecular weight is 897 g/mol. The van der Waals surface area contributed by atoms with Crippen molar-refractivity contribution in [2.75, 3.05) is 34.5 Å². The Labute approximate surface area is 382 Å². The molecule has 7 atom stereocenters. The molecule has 344 valence electrons. The summed E-state index contributed by atoms with van der Waals surface area (Å²) in [5, 5.41) is 7.42. The summed E-state index contributed by atoms with van der Waals surface area (Å²) in [5.41, 5.74) is 6.87. The van der Waals surface area contributed by atoms with Crippen molar-refractivity contribution >= 4 is 45.8 Å². The summed E-state index contributed by atoms with van der Waals surface area (Å²) in [6.45, 7) is 11.0. The van der Waals surface area contributed by atoms with E-state index >= 15 is 0 Å². The molecule has 4 aliphatic rings. The minimum atomic E-state index is -1.05. The van der Waals surface area contributed by atoms with Crippen LogP contribution in [0.1, 0.15) is 69.3 Å². The predicted octanol–water partition coefficient (Wildman–Crippen LogP) is 7.66. The van der Waals surface area contributed by atoms with Crippen molar-refractivity contribution in [1.29, 1.82) is 0 Å². The van der Waals surface area contributed by atoms with E-state index < -0.39 is 30.3 Å². The van der Waals surface area contributed by atoms with Gasteiger partial charge in [0, 0.05) is 36.6 Å². The number of allylic oxidation sites excluding steroid dienone is 3. The molecule has 0 bridgehead atoms. The SMILES string of the molecule is C=C(/C=C\C=C/C)[C@@H](NC(=O)OC)C(=O)N1C[C@@H](COC)C[C@H]1c1ncc(-c2ccc3c(c2)COc2cc4c(ccc5nc([C@@H]6C[C@@H]7CC7N6C(=O)[C@@H](NC(=O)OC)C(C)C)[nH]c54)cc2-3)[nH]1. The Balaban J connectivity index is 0.966. The number of amides is 4. The molecular weight excluding hydrogens is 841 g/mol. The zero-order valence-electron chi connectivity index (χ0n) is 38.1. The number of alkyl carbamates (subject to hydrolysis) is 2. The molecule has 4 N–H and O–H groups in total. The molecule has 3 aliphatic heterocycles. The molecule has 16 nitrogen and oxygen atoms in total. The van der Waals surface area contributed by atoms with E-state index in [4.69, 9.17) is 28.9 Å². The van der Waals surface area contributed by atoms with Gasteiger partial charge in [-0.3, -0.25) is 9.59 Å². The van der Waals surface area contributed by atoms with Crippen LogP contribution >= 0.6 is 0 Å². The van der Waals surface area contributed by atoms with Gasteiger partial charge in [0.05, 0.1) is 55.8 Å². The van der Waals surface area contributed by atoms with Crippen LogP contribution in [-0.4, -0.2) is 106 Å². The lowest BCUT2D eigenvalue weighted by atomic mass is 9.92. The first-order valence-corrected chi connectivity index (χ1v) is 22.5. The Morgan fingerprint density at radius 1 is 0.924 bits per heavy atom. The van der Waals surface area contributed by atoms with E-state index in [0.29, 0.717) is 43.5 Å². The molecule has 2 aromatic heterocycles. The number of nitrogens with zero attached hydrogens (tertiary/aromatic N) is 4. The number of aromatic amines is 2. The maximum absolute atomic E-state index is 14.3. The van der Waals surface area contributed by atoms with E-state index in [2.05, 4.69) is 63.6 Å². The minimum Gasteiger partial charge on any atom is -0.488 e. The third kappa shape index (κ3) is 8.29. The first kappa shape index (κ1) is 44.3. The van der Waals surface area contributed by atoms with E-state index in [-0.39, 0.29) is 35.7 Å². The molecule has 0 radical (unpaired) electrons. The maximum atomic E-state index is 14.3. The van der Waals surface area contributed by atoms with Gasteiger partial charge in [-0.15, -0.1) is 0 Å². The summed E-state index contributed by atoms with van der Waals surface area (Å²) in [4.78, 5) is 73.5. The number of fused-ring (bicyclic) bond motifs is 7. The van der Waals surface area contributed by atoms with Gasteiger partial charge >= 0.3 is 12.2 Å². The fourth-order valence-corrected chi connectivity index (χ4v) is 9.99. The van der Waals surface area contributed by atoms with Crippen LogP contribution in [0.15, 0.2) is 85.1 Å². The topological polar surface area (TPSA) is 193 Å². The third-order valence-electron chi connectivity index (χ3n) is 13.4. The monoisotopic (exact) mass is 896 g/mol. The Morgan fingerprint density at radius 3 is 2.48 bits per heavy atom. The molecular formula is C50H56N8O8. The Bertz CT molecular complexity index is 2790. The molecule has 1 saturated carbocycles. The highest BCUT2D eigenvalue weighted by Gasteiger charge is 2.56. The van der Waals surface area contributed by atoms with Crippen molar-refractivity contribution in [3.05, 3.63) is 102 Å². The number of hydrogen-bond acceptors (Lipinski definition) is 10. The number of imidazole rings is 2. The van der Waals surface area contributed by atoms with Gasteiger partial charge in [0.15, 0.2) is 0 Å². The number of nitrogens with one attached hydrogen (secondary N) is 4. The third-order valence-corrected chi connectivity index (χ3v) is 13.4. The number of aromatic nitrogens is 4. The second-order valence-electron chi connectivity index (χ2n) is 18.0. The van der Waals surface area contributed by atoms with Gasteiger partial charge in [-0.1, -0.05) is 62.9 Å². The molecule has 0 spiro atoms. The van der Waals surface area contributed by atoms with Crippen LogP contribution in [0.25, 0.3) is 44.2 Å². The number of carbonyl (C=O) groups is 4. The summed E-state index contributed by atoms with van der Waals surface area (Å²) in [5.74, 6) is 2.02. The number of methoxy groups -OCH3 is 3. The molecule has 5 aromatic rings. The van der Waals surface area contributed by atoms with Crippen molar-refractivity contribution in [3.63, 3.8) is 0 Å². The number of ether oxygens (including phenoxy) is 4. The molecule has 3 aromatic carbocycles. The first-order valence-electron chi connectivity index (χ1n) is 22.5. The summed E-state index contributed by atoms with van der Waals surface area (Å²) in [6.07, 6.45) is 9.95. The highest BCUT2D eigenvalue weighted by Crippen LogP contribution is 2.54. The zero-order valence-corrected chi connectivity index (χ0v) is 38.1. The predicted molar refractivity (Wildman–Crippen MR) is 248 cm³/mol. The van der Waals surface area contributed by atoms with Crippen molar-refractivity contribution in [2.24, 2.45) is 17.8 Å². The van der Waals surface area contributed by atoms with Crippen LogP contribution in [0.2, 0.25) is 0 Å². The minimum absolute atomic E-state index is 0.0474. The molecule has 3 fully saturated rings. The van der Waals surface area contributed by atoms with Gasteiger partial charge in [-0.25, -0.2) is 19.6 Å². The molecule has 2 saturated heterocycles. The largest absolute Gasteiger partial charge is 0.488 e. The van der Waals surface area contributed by atoms with Gasteiger partial charge in [-0.05, 0) is 89.9 Å². The number of rotatable bonds is 13. The normalized spacial score (nSPS) is 21.7. The first-order chi connectivity index (χ1) is 31.9. The van der Waals surface area contributed by atoms with Crippen LogP contribution in [0.5, 0.6) is 5.75 Å². The maximum Gasteiger partial charge on any atom is 0.407 e. The van der Waals surface area contributed by atoms with Crippen molar-refractivity contribution in [3.8, 4) is 28.1 Å². The van der Waals surface area contributed by atoms with Gasteiger partial charge in [0.25, 0.3) is 5.91 Å². The second kappa shape index (κ2) is 18.1. The smallest absolute Gasteiger partial charge is 0.407 e. The van der Waals surface area contributed by atoms with Gasteiger partial charge in [0.2, 0.25) is 5.91 Å². The van der Waals surface area contributed by atoms with Crippen LogP contribution < -0.4 is 15.4 Å². The van der Waals surface area contributed by atoms with E-state index in [1.165, 1.54) is 14.2 Å². The molecule has 1 unspecified atom stereocenters. The summed E-state index contributed by atoms with van der Waals surface area (Å²) in [6, 6.07) is 12.3. The highest BCUT2D eigenvalue weighted by molar-refractivity contribution is 6.07. The van der Waals surface area contributed by atoms with Crippen molar-refractivity contribution in [1.82, 2.24) is 40.4 Å². The zero-order chi connectivity index (χ0) is 46.4. The molecule has 9 rings (SSSR count). The van der Waals surface area contributed by atoms with Gasteiger partial charge in [-0.2, -0.15) is 0 Å². The molecule has 16 heteroatoms. The number of H-pyrrole nitrogens is 2. The van der Waals surface area contributed by atoms with Crippen LogP contribution in [-0.2, 0) is 30.4 Å². The van der Waals surface area contributed by atoms with Crippen LogP contribution in [0, 0.1) is 17.8 Å². The van der Waals surface area contributed by atoms with E-state index in [1.54, 1.807) is 30.4 Å². The summed E-state index contributed by atoms with van der Waals surface area (Å²) in [7, 11) is 4.20. The molecule has 1 aliphatic carbocycles. The van der Waals surface area contributed by atoms with Gasteiger partial charge in [0.1, 0.15) is 36.1 Å². The van der Waals surface area contributed by atoms with Crippen LogP contribution in [0.3, 0.4) is 0 Å². The standard InChI is InChI=1S/C50H56N8O8/c1-8-9-10-11-27(4)43(56-50(62)65-7)47(59)57-23-28(24-63-5)16-39(57)45-51-22-37(53-45)30-12-14-33-32(17-30)25-66-41-21-34-29(18-35(33)41)13-15-36-44(34)54-46(52-36)40-20-31-19-38(31)58(40)48(60)42(26(2)3)55-49(61)64-6/h8-15,17-18,21-22,26,28,31,38-40,42-43H,4,16,19-20,23-25H2,1-3,5-7H3,(H,51,53)(H,52,54)(H,55,61)(H,56,62)/b9-8-,11-10-/t28-,31-,38?,39-,40-,42-,43+/m0/s1. The fraction of sp³-hybridized carbons (Fsp3) is 0.400. The number of piperidine rings is 1. The van der Waals surface area contributed by atoms with Crippen LogP contribution in [0.4, 0.5) is 9.59 Å². The molecule has 66 heavy (non-hydrogen) atoms. The number of hydrogen-bond donors (Lipinski definition) is 4. The van der Waals surface area contributed by atoms with E-state index in [0.717, 1.165) is 74.2 Å². The Hall–Kier alpha value is -6.94. The number of benzene rings is 3. The highest BCUT2D eigenvalue weighted by atomic mass is 16.5. The lowest BCUT2D eigenvalue weighted by molar-refractivity contribution is -0.136. The molecule has 5 heterocycles. The number of likely N-dealkylation sites (tertiary alicyclic amines) is 2. The fourth-order valence-electron chi connectivity index (χ4n) is 9.99. The number of carbonyl (C=O) groups excluding carboxylic acids is 4. The molecule has 4 amide bonds. The van der Waals surface area contributed by atoms with E-state index in [9.17, 15) is 19.2 Å². The van der Waals surface area contributed by atoms with Crippen molar-refractivity contribution in [2.45, 2.75) is 76.8 Å². The summed E-state index contributed by atoms with van der Waals surface area (Å²) >= 11 is 0.